The maximum absolute atomic E-state index is 6.41. The van der Waals surface area contributed by atoms with E-state index in [1.54, 1.807) is 11.8 Å². The summed E-state index contributed by atoms with van der Waals surface area (Å²) in [6, 6.07) is 0.192. The van der Waals surface area contributed by atoms with Crippen LogP contribution in [-0.4, -0.2) is 49.4 Å². The molecule has 6 nitrogen and oxygen atoms in total. The zero-order chi connectivity index (χ0) is 21.8. The molecular formula is C22H40N6S. The van der Waals surface area contributed by atoms with Crippen LogP contribution in [0.15, 0.2) is 5.16 Å². The fourth-order valence-corrected chi connectivity index (χ4v) is 6.41. The first-order chi connectivity index (χ1) is 13.2. The second-order valence-corrected chi connectivity index (χ2v) is 12.1. The number of anilines is 2. The highest BCUT2D eigenvalue weighted by Crippen LogP contribution is 2.43. The maximum Gasteiger partial charge on any atom is 0.232 e. The summed E-state index contributed by atoms with van der Waals surface area (Å²) in [5.41, 5.74) is 6.17. The smallest absolute Gasteiger partial charge is 0.232 e. The third-order valence-corrected chi connectivity index (χ3v) is 7.24. The van der Waals surface area contributed by atoms with E-state index < -0.39 is 0 Å². The fourth-order valence-electron chi connectivity index (χ4n) is 6.06. The summed E-state index contributed by atoms with van der Waals surface area (Å²) < 4.78 is 0. The van der Waals surface area contributed by atoms with Crippen LogP contribution in [-0.2, 0) is 0 Å². The molecule has 3 heterocycles. The van der Waals surface area contributed by atoms with Crippen LogP contribution in [0.5, 0.6) is 0 Å². The van der Waals surface area contributed by atoms with Crippen molar-refractivity contribution in [2.24, 2.45) is 5.73 Å². The topological polar surface area (TPSA) is 71.2 Å². The largest absolute Gasteiger partial charge is 0.330 e. The van der Waals surface area contributed by atoms with E-state index in [0.717, 1.165) is 42.7 Å². The van der Waals surface area contributed by atoms with E-state index in [1.807, 2.05) is 6.26 Å². The molecule has 2 aliphatic rings. The number of thioether (sulfide) groups is 1. The molecule has 0 radical (unpaired) electrons. The Bertz CT molecular complexity index is 724. The van der Waals surface area contributed by atoms with Crippen molar-refractivity contribution < 1.29 is 0 Å². The van der Waals surface area contributed by atoms with Gasteiger partial charge in [0.2, 0.25) is 11.9 Å². The van der Waals surface area contributed by atoms with Gasteiger partial charge in [0.25, 0.3) is 0 Å². The minimum atomic E-state index is -0.123. The summed E-state index contributed by atoms with van der Waals surface area (Å²) in [4.78, 5) is 19.7. The summed E-state index contributed by atoms with van der Waals surface area (Å²) in [5.74, 6) is 1.58. The lowest BCUT2D eigenvalue weighted by atomic mass is 9.77. The van der Waals surface area contributed by atoms with Crippen molar-refractivity contribution in [1.82, 2.24) is 15.0 Å². The SMILES string of the molecule is CSc1nc(N2C(C)(C)CCCC2(C)C)nc(N2C(C)(C)CC(N)CC2(C)C)n1. The lowest BCUT2D eigenvalue weighted by Crippen LogP contribution is -2.64. The Morgan fingerprint density at radius 1 is 0.759 bits per heavy atom. The molecule has 0 amide bonds. The Labute approximate surface area is 181 Å². The number of aromatic nitrogens is 3. The van der Waals surface area contributed by atoms with Crippen LogP contribution in [0.4, 0.5) is 11.9 Å². The zero-order valence-corrected chi connectivity index (χ0v) is 20.7. The van der Waals surface area contributed by atoms with Crippen molar-refractivity contribution in [3.8, 4) is 0 Å². The van der Waals surface area contributed by atoms with E-state index in [1.165, 1.54) is 6.42 Å². The van der Waals surface area contributed by atoms with Gasteiger partial charge >= 0.3 is 0 Å². The predicted octanol–water partition coefficient (Wildman–Crippen LogP) is 4.63. The molecule has 0 spiro atoms. The molecule has 0 aliphatic carbocycles. The Kier molecular flexibility index (Phi) is 5.66. The van der Waals surface area contributed by atoms with Gasteiger partial charge in [-0.2, -0.15) is 15.0 Å². The van der Waals surface area contributed by atoms with E-state index in [2.05, 4.69) is 65.2 Å². The molecule has 29 heavy (non-hydrogen) atoms. The van der Waals surface area contributed by atoms with Gasteiger partial charge in [0.05, 0.1) is 0 Å². The third kappa shape index (κ3) is 4.22. The Morgan fingerprint density at radius 3 is 1.59 bits per heavy atom. The van der Waals surface area contributed by atoms with Gasteiger partial charge in [0, 0.05) is 28.2 Å². The molecule has 7 heteroatoms. The van der Waals surface area contributed by atoms with Crippen molar-refractivity contribution in [2.75, 3.05) is 16.1 Å². The summed E-state index contributed by atoms with van der Waals surface area (Å²) in [6.07, 6.45) is 7.40. The lowest BCUT2D eigenvalue weighted by Gasteiger charge is -2.55. The highest BCUT2D eigenvalue weighted by Gasteiger charge is 2.47. The molecule has 0 aromatic carbocycles. The fraction of sp³-hybridized carbons (Fsp3) is 0.864. The molecule has 2 fully saturated rings. The zero-order valence-electron chi connectivity index (χ0n) is 19.8. The highest BCUT2D eigenvalue weighted by atomic mass is 32.2. The number of piperidine rings is 2. The molecule has 1 aromatic heterocycles. The summed E-state index contributed by atoms with van der Waals surface area (Å²) in [7, 11) is 0. The number of nitrogens with zero attached hydrogens (tertiary/aromatic N) is 5. The van der Waals surface area contributed by atoms with Crippen molar-refractivity contribution in [3.05, 3.63) is 0 Å². The Balaban J connectivity index is 2.15. The molecule has 2 N–H and O–H groups in total. The maximum atomic E-state index is 6.41. The van der Waals surface area contributed by atoms with E-state index in [4.69, 9.17) is 20.7 Å². The van der Waals surface area contributed by atoms with Crippen LogP contribution in [0, 0.1) is 0 Å². The van der Waals surface area contributed by atoms with Gasteiger partial charge in [-0.1, -0.05) is 11.8 Å². The first-order valence-corrected chi connectivity index (χ1v) is 12.1. The van der Waals surface area contributed by atoms with Gasteiger partial charge in [-0.3, -0.25) is 0 Å². The van der Waals surface area contributed by atoms with Crippen LogP contribution in [0.3, 0.4) is 0 Å². The number of rotatable bonds is 3. The van der Waals surface area contributed by atoms with Crippen molar-refractivity contribution >= 4 is 23.7 Å². The number of hydrogen-bond acceptors (Lipinski definition) is 7. The average molecular weight is 421 g/mol. The molecule has 0 saturated carbocycles. The third-order valence-electron chi connectivity index (χ3n) is 6.70. The van der Waals surface area contributed by atoms with Crippen molar-refractivity contribution in [3.63, 3.8) is 0 Å². The molecular weight excluding hydrogens is 380 g/mol. The van der Waals surface area contributed by atoms with E-state index in [0.29, 0.717) is 0 Å². The molecule has 1 aromatic rings. The van der Waals surface area contributed by atoms with Crippen molar-refractivity contribution in [1.29, 1.82) is 0 Å². The molecule has 0 atom stereocenters. The molecule has 2 aliphatic heterocycles. The van der Waals surface area contributed by atoms with Crippen LogP contribution in [0.25, 0.3) is 0 Å². The normalized spacial score (nSPS) is 25.9. The van der Waals surface area contributed by atoms with E-state index in [-0.39, 0.29) is 28.2 Å². The minimum absolute atomic E-state index is 0.00530. The van der Waals surface area contributed by atoms with Gasteiger partial charge in [-0.15, -0.1) is 0 Å². The standard InChI is InChI=1S/C22H40N6S/c1-19(2)11-10-12-20(3,4)27(19)16-24-17(26-18(25-16)29-9)28-21(5,6)13-15(23)14-22(28,7)8/h15H,10-14,23H2,1-9H3. The lowest BCUT2D eigenvalue weighted by molar-refractivity contribution is 0.214. The van der Waals surface area contributed by atoms with Crippen molar-refractivity contribution in [2.45, 2.75) is 121 Å². The number of nitrogens with two attached hydrogens (primary N) is 1. The van der Waals surface area contributed by atoms with E-state index in [9.17, 15) is 0 Å². The monoisotopic (exact) mass is 420 g/mol. The first kappa shape index (κ1) is 22.6. The quantitative estimate of drug-likeness (QED) is 0.715. The Hall–Kier alpha value is -1.08. The summed E-state index contributed by atoms with van der Waals surface area (Å²) in [6.45, 7) is 18.3. The predicted molar refractivity (Wildman–Crippen MR) is 124 cm³/mol. The summed E-state index contributed by atoms with van der Waals surface area (Å²) in [5, 5.41) is 0.781. The van der Waals surface area contributed by atoms with Crippen LogP contribution >= 0.6 is 11.8 Å². The molecule has 0 bridgehead atoms. The van der Waals surface area contributed by atoms with E-state index >= 15 is 0 Å². The second kappa shape index (κ2) is 7.26. The summed E-state index contributed by atoms with van der Waals surface area (Å²) >= 11 is 1.59. The van der Waals surface area contributed by atoms with Gasteiger partial charge in [0.1, 0.15) is 0 Å². The van der Waals surface area contributed by atoms with Gasteiger partial charge < -0.3 is 15.5 Å². The molecule has 0 unspecified atom stereocenters. The Morgan fingerprint density at radius 2 is 1.17 bits per heavy atom. The number of hydrogen-bond donors (Lipinski definition) is 1. The van der Waals surface area contributed by atoms with Gasteiger partial charge in [-0.05, 0) is 93.7 Å². The average Bonchev–Trinajstić information content (AvgIpc) is 2.49. The van der Waals surface area contributed by atoms with Gasteiger partial charge in [0.15, 0.2) is 5.16 Å². The van der Waals surface area contributed by atoms with Crippen LogP contribution < -0.4 is 15.5 Å². The molecule has 2 saturated heterocycles. The minimum Gasteiger partial charge on any atom is -0.330 e. The first-order valence-electron chi connectivity index (χ1n) is 10.9. The van der Waals surface area contributed by atoms with Crippen LogP contribution in [0.2, 0.25) is 0 Å². The molecule has 3 rings (SSSR count). The van der Waals surface area contributed by atoms with Gasteiger partial charge in [-0.25, -0.2) is 0 Å². The second-order valence-electron chi connectivity index (χ2n) is 11.4. The highest BCUT2D eigenvalue weighted by molar-refractivity contribution is 7.98. The van der Waals surface area contributed by atoms with Crippen LogP contribution in [0.1, 0.15) is 87.5 Å². The molecule has 164 valence electrons.